The molecule has 0 aromatic heterocycles. The summed E-state index contributed by atoms with van der Waals surface area (Å²) in [6.07, 6.45) is 3.12. The minimum atomic E-state index is -1.43. The number of piperidine rings is 1. The van der Waals surface area contributed by atoms with Gasteiger partial charge in [-0.15, -0.1) is 0 Å². The maximum absolute atomic E-state index is 13.6. The molecule has 2 atom stereocenters. The fraction of sp³-hybridized carbons (Fsp3) is 0.550. The summed E-state index contributed by atoms with van der Waals surface area (Å²) in [5.74, 6) is -0.976. The molecule has 154 valence electrons. The Morgan fingerprint density at radius 1 is 1.21 bits per heavy atom. The van der Waals surface area contributed by atoms with Crippen LogP contribution in [0.4, 0.5) is 16.2 Å². The molecule has 4 rings (SSSR count). The number of nitro groups is 1. The van der Waals surface area contributed by atoms with Gasteiger partial charge < -0.3 is 4.90 Å². The van der Waals surface area contributed by atoms with E-state index in [0.717, 1.165) is 23.4 Å². The van der Waals surface area contributed by atoms with Crippen LogP contribution in [0.1, 0.15) is 38.2 Å². The summed E-state index contributed by atoms with van der Waals surface area (Å²) in [5, 5.41) is 11.3. The Labute approximate surface area is 168 Å². The zero-order valence-electron chi connectivity index (χ0n) is 16.6. The maximum Gasteiger partial charge on any atom is 0.333 e. The van der Waals surface area contributed by atoms with E-state index in [1.807, 2.05) is 6.92 Å². The third kappa shape index (κ3) is 2.63. The summed E-state index contributed by atoms with van der Waals surface area (Å²) in [7, 11) is 1.41. The van der Waals surface area contributed by atoms with Crippen molar-refractivity contribution in [3.05, 3.63) is 33.9 Å². The fourth-order valence-corrected chi connectivity index (χ4v) is 5.10. The summed E-state index contributed by atoms with van der Waals surface area (Å²) in [6.45, 7) is 2.78. The molecule has 0 bridgehead atoms. The first-order valence-electron chi connectivity index (χ1n) is 10.0. The normalized spacial score (nSPS) is 26.6. The predicted molar refractivity (Wildman–Crippen MR) is 104 cm³/mol. The average molecular weight is 400 g/mol. The molecule has 9 nitrogen and oxygen atoms in total. The summed E-state index contributed by atoms with van der Waals surface area (Å²) in [4.78, 5) is 54.8. The SMILES string of the molecule is CCCN1C(=O)N(C)C(=O)C2(Cc3cc([N+](=O)[O-])ccc3N3CCCCC32)C1=O. The number of hydrogen-bond acceptors (Lipinski definition) is 6. The largest absolute Gasteiger partial charge is 0.367 e. The Morgan fingerprint density at radius 2 is 1.97 bits per heavy atom. The number of barbiturate groups is 1. The lowest BCUT2D eigenvalue weighted by molar-refractivity contribution is -0.384. The molecular weight excluding hydrogens is 376 g/mol. The van der Waals surface area contributed by atoms with Gasteiger partial charge in [-0.05, 0) is 37.3 Å². The monoisotopic (exact) mass is 400 g/mol. The van der Waals surface area contributed by atoms with Gasteiger partial charge in [-0.1, -0.05) is 6.92 Å². The van der Waals surface area contributed by atoms with Crippen molar-refractivity contribution >= 4 is 29.2 Å². The van der Waals surface area contributed by atoms with Gasteiger partial charge in [0, 0.05) is 44.4 Å². The number of urea groups is 1. The van der Waals surface area contributed by atoms with E-state index in [9.17, 15) is 24.5 Å². The molecule has 0 radical (unpaired) electrons. The molecule has 1 aromatic carbocycles. The molecule has 3 heterocycles. The van der Waals surface area contributed by atoms with Crippen LogP contribution < -0.4 is 4.90 Å². The molecule has 2 saturated heterocycles. The van der Waals surface area contributed by atoms with Gasteiger partial charge in [0.25, 0.3) is 5.69 Å². The summed E-state index contributed by atoms with van der Waals surface area (Å²) in [5.41, 5.74) is -0.0493. The van der Waals surface area contributed by atoms with Gasteiger partial charge in [-0.2, -0.15) is 0 Å². The third-order valence-electron chi connectivity index (χ3n) is 6.40. The number of benzene rings is 1. The highest BCUT2D eigenvalue weighted by Crippen LogP contribution is 2.49. The highest BCUT2D eigenvalue weighted by Gasteiger charge is 2.63. The average Bonchev–Trinajstić information content (AvgIpc) is 2.73. The number of nitro benzene ring substituents is 1. The Kier molecular flexibility index (Phi) is 4.55. The summed E-state index contributed by atoms with van der Waals surface area (Å²) in [6, 6.07) is 3.68. The Balaban J connectivity index is 1.90. The Morgan fingerprint density at radius 3 is 2.66 bits per heavy atom. The number of carbonyl (C=O) groups excluding carboxylic acids is 3. The number of rotatable bonds is 3. The molecule has 2 unspecified atom stereocenters. The van der Waals surface area contributed by atoms with Crippen LogP contribution in [-0.2, 0) is 16.0 Å². The van der Waals surface area contributed by atoms with Gasteiger partial charge in [-0.3, -0.25) is 29.5 Å². The van der Waals surface area contributed by atoms with E-state index in [2.05, 4.69) is 4.90 Å². The fourth-order valence-electron chi connectivity index (χ4n) is 5.10. The number of fused-ring (bicyclic) bond motifs is 4. The van der Waals surface area contributed by atoms with E-state index >= 15 is 0 Å². The van der Waals surface area contributed by atoms with Crippen LogP contribution in [0.25, 0.3) is 0 Å². The van der Waals surface area contributed by atoms with Gasteiger partial charge in [0.05, 0.1) is 11.0 Å². The standard InChI is InChI=1S/C20H24N4O5/c1-3-9-23-18(26)20(17(25)21(2)19(23)27)12-13-11-14(24(28)29)7-8-15(13)22-10-5-4-6-16(20)22/h7-8,11,16H,3-6,9-10,12H2,1-2H3. The predicted octanol–water partition coefficient (Wildman–Crippen LogP) is 2.33. The molecule has 2 fully saturated rings. The van der Waals surface area contributed by atoms with Crippen molar-refractivity contribution in [1.82, 2.24) is 9.80 Å². The summed E-state index contributed by atoms with van der Waals surface area (Å²) >= 11 is 0. The maximum atomic E-state index is 13.6. The number of carbonyl (C=O) groups is 3. The second-order valence-electron chi connectivity index (χ2n) is 8.03. The van der Waals surface area contributed by atoms with Crippen LogP contribution in [0.5, 0.6) is 0 Å². The number of imide groups is 2. The lowest BCUT2D eigenvalue weighted by Gasteiger charge is -2.55. The van der Waals surface area contributed by atoms with E-state index < -0.39 is 28.2 Å². The van der Waals surface area contributed by atoms with Gasteiger partial charge in [0.1, 0.15) is 0 Å². The molecule has 29 heavy (non-hydrogen) atoms. The van der Waals surface area contributed by atoms with Crippen molar-refractivity contribution in [2.45, 2.75) is 45.1 Å². The van der Waals surface area contributed by atoms with E-state index in [1.165, 1.54) is 24.1 Å². The first-order valence-corrected chi connectivity index (χ1v) is 10.0. The van der Waals surface area contributed by atoms with Crippen molar-refractivity contribution < 1.29 is 19.3 Å². The van der Waals surface area contributed by atoms with Crippen molar-refractivity contribution in [1.29, 1.82) is 0 Å². The molecule has 3 aliphatic heterocycles. The van der Waals surface area contributed by atoms with Gasteiger partial charge >= 0.3 is 6.03 Å². The highest BCUT2D eigenvalue weighted by atomic mass is 16.6. The van der Waals surface area contributed by atoms with Gasteiger partial charge in [0.15, 0.2) is 5.41 Å². The number of amides is 4. The molecule has 0 aliphatic carbocycles. The minimum Gasteiger partial charge on any atom is -0.367 e. The quantitative estimate of drug-likeness (QED) is 0.438. The van der Waals surface area contributed by atoms with Crippen molar-refractivity contribution in [2.24, 2.45) is 5.41 Å². The second kappa shape index (κ2) is 6.82. The zero-order valence-corrected chi connectivity index (χ0v) is 16.6. The molecule has 0 saturated carbocycles. The van der Waals surface area contributed by atoms with Crippen LogP contribution in [-0.4, -0.2) is 58.7 Å². The second-order valence-corrected chi connectivity index (χ2v) is 8.03. The van der Waals surface area contributed by atoms with Gasteiger partial charge in [-0.25, -0.2) is 4.79 Å². The van der Waals surface area contributed by atoms with Crippen molar-refractivity contribution in [3.63, 3.8) is 0 Å². The van der Waals surface area contributed by atoms with Crippen LogP contribution in [0.3, 0.4) is 0 Å². The number of anilines is 1. The van der Waals surface area contributed by atoms with Crippen molar-refractivity contribution in [3.8, 4) is 0 Å². The molecule has 3 aliphatic rings. The van der Waals surface area contributed by atoms with Crippen LogP contribution in [0.2, 0.25) is 0 Å². The van der Waals surface area contributed by atoms with E-state index in [-0.39, 0.29) is 24.7 Å². The highest BCUT2D eigenvalue weighted by molar-refractivity contribution is 6.20. The molecular formula is C20H24N4O5. The topological polar surface area (TPSA) is 104 Å². The molecule has 4 amide bonds. The Bertz CT molecular complexity index is 916. The van der Waals surface area contributed by atoms with Crippen LogP contribution in [0.15, 0.2) is 18.2 Å². The van der Waals surface area contributed by atoms with Crippen LogP contribution >= 0.6 is 0 Å². The van der Waals surface area contributed by atoms with E-state index in [0.29, 0.717) is 24.9 Å². The molecule has 9 heteroatoms. The van der Waals surface area contributed by atoms with Gasteiger partial charge in [0.2, 0.25) is 11.8 Å². The number of nitrogens with zero attached hydrogens (tertiary/aromatic N) is 4. The lowest BCUT2D eigenvalue weighted by atomic mass is 9.65. The third-order valence-corrected chi connectivity index (χ3v) is 6.40. The Hall–Kier alpha value is -2.97. The first-order chi connectivity index (χ1) is 13.8. The number of non-ortho nitro benzene ring substituents is 1. The molecule has 0 N–H and O–H groups in total. The molecule has 1 spiro atoms. The molecule has 1 aromatic rings. The van der Waals surface area contributed by atoms with Crippen molar-refractivity contribution in [2.75, 3.05) is 25.0 Å². The van der Waals surface area contributed by atoms with Crippen LogP contribution in [0, 0.1) is 15.5 Å². The lowest BCUT2D eigenvalue weighted by Crippen LogP contribution is -2.72. The van der Waals surface area contributed by atoms with E-state index in [1.54, 1.807) is 6.07 Å². The summed E-state index contributed by atoms with van der Waals surface area (Å²) < 4.78 is 0. The minimum absolute atomic E-state index is 0.0695. The smallest absolute Gasteiger partial charge is 0.333 e. The van der Waals surface area contributed by atoms with E-state index in [4.69, 9.17) is 0 Å². The first kappa shape index (κ1) is 19.4. The zero-order chi connectivity index (χ0) is 20.9. The number of hydrogen-bond donors (Lipinski definition) is 0.